The molecule has 148 valence electrons. The van der Waals surface area contributed by atoms with E-state index in [0.717, 1.165) is 66.4 Å². The minimum atomic E-state index is 0.616. The Kier molecular flexibility index (Phi) is 5.06. The minimum absolute atomic E-state index is 0.616. The van der Waals surface area contributed by atoms with Crippen LogP contribution in [0.3, 0.4) is 0 Å². The first-order valence-corrected chi connectivity index (χ1v) is 9.94. The number of benzene rings is 1. The van der Waals surface area contributed by atoms with Gasteiger partial charge in [0.1, 0.15) is 12.3 Å². The largest absolute Gasteiger partial charge is 0.476 e. The van der Waals surface area contributed by atoms with Crippen LogP contribution in [-0.2, 0) is 11.3 Å². The summed E-state index contributed by atoms with van der Waals surface area (Å²) < 4.78 is 11.4. The van der Waals surface area contributed by atoms with Crippen LogP contribution in [0.15, 0.2) is 53.8 Å². The third kappa shape index (κ3) is 3.92. The number of pyridine rings is 2. The molecule has 0 bridgehead atoms. The van der Waals surface area contributed by atoms with Crippen LogP contribution in [0.4, 0.5) is 5.69 Å². The van der Waals surface area contributed by atoms with Gasteiger partial charge in [0.2, 0.25) is 5.88 Å². The fourth-order valence-corrected chi connectivity index (χ4v) is 3.69. The van der Waals surface area contributed by atoms with Gasteiger partial charge in [-0.05, 0) is 35.7 Å². The van der Waals surface area contributed by atoms with E-state index in [9.17, 15) is 0 Å². The third-order valence-corrected chi connectivity index (χ3v) is 5.26. The second-order valence-corrected chi connectivity index (χ2v) is 7.16. The first kappa shape index (κ1) is 18.0. The number of amidine groups is 1. The summed E-state index contributed by atoms with van der Waals surface area (Å²) in [4.78, 5) is 15.8. The molecular formula is C22H23N5O2. The Morgan fingerprint density at radius 2 is 2.00 bits per heavy atom. The predicted octanol–water partition coefficient (Wildman–Crippen LogP) is 2.71. The van der Waals surface area contributed by atoms with E-state index in [-0.39, 0.29) is 0 Å². The molecule has 5 rings (SSSR count). The SMILES string of the molecule is c1cnc2c(c1)CN=C2Nc1ccc2c(OCCN3CCOCC3)nccc2c1. The van der Waals surface area contributed by atoms with Gasteiger partial charge in [-0.1, -0.05) is 6.07 Å². The van der Waals surface area contributed by atoms with Crippen molar-refractivity contribution in [1.29, 1.82) is 0 Å². The Morgan fingerprint density at radius 1 is 1.07 bits per heavy atom. The fourth-order valence-electron chi connectivity index (χ4n) is 3.69. The Hall–Kier alpha value is -3.03. The summed E-state index contributed by atoms with van der Waals surface area (Å²) in [6.45, 7) is 5.69. The fraction of sp³-hybridized carbons (Fsp3) is 0.318. The lowest BCUT2D eigenvalue weighted by Crippen LogP contribution is -2.38. The number of aromatic nitrogens is 2. The molecule has 0 atom stereocenters. The van der Waals surface area contributed by atoms with Gasteiger partial charge in [0.05, 0.1) is 19.8 Å². The highest BCUT2D eigenvalue weighted by atomic mass is 16.5. The normalized spacial score (nSPS) is 16.5. The lowest BCUT2D eigenvalue weighted by atomic mass is 10.1. The van der Waals surface area contributed by atoms with Crippen LogP contribution in [0.1, 0.15) is 11.3 Å². The second kappa shape index (κ2) is 8.14. The van der Waals surface area contributed by atoms with Crippen molar-refractivity contribution in [3.8, 4) is 5.88 Å². The molecule has 7 nitrogen and oxygen atoms in total. The number of nitrogens with one attached hydrogen (secondary N) is 1. The van der Waals surface area contributed by atoms with E-state index in [1.54, 1.807) is 12.4 Å². The van der Waals surface area contributed by atoms with E-state index in [0.29, 0.717) is 19.0 Å². The van der Waals surface area contributed by atoms with E-state index in [1.165, 1.54) is 0 Å². The van der Waals surface area contributed by atoms with Gasteiger partial charge in [0.15, 0.2) is 5.84 Å². The standard InChI is InChI=1S/C22H23N5O2/c1-2-17-15-25-21(20(17)23-6-1)26-18-3-4-19-16(14-18)5-7-24-22(19)29-13-10-27-8-11-28-12-9-27/h1-7,14H,8-13,15H2,(H,25,26). The highest BCUT2D eigenvalue weighted by Gasteiger charge is 2.17. The van der Waals surface area contributed by atoms with E-state index in [4.69, 9.17) is 9.47 Å². The van der Waals surface area contributed by atoms with Crippen molar-refractivity contribution in [2.24, 2.45) is 4.99 Å². The van der Waals surface area contributed by atoms with Crippen molar-refractivity contribution >= 4 is 22.3 Å². The summed E-state index contributed by atoms with van der Waals surface area (Å²) in [5, 5.41) is 5.48. The number of fused-ring (bicyclic) bond motifs is 2. The van der Waals surface area contributed by atoms with Gasteiger partial charge in [-0.3, -0.25) is 14.9 Å². The highest BCUT2D eigenvalue weighted by Crippen LogP contribution is 2.27. The topological polar surface area (TPSA) is 71.9 Å². The molecule has 7 heteroatoms. The Balaban J connectivity index is 1.29. The maximum absolute atomic E-state index is 5.99. The van der Waals surface area contributed by atoms with Gasteiger partial charge < -0.3 is 14.8 Å². The average Bonchev–Trinajstić information content (AvgIpc) is 3.17. The molecule has 0 saturated carbocycles. The van der Waals surface area contributed by atoms with Gasteiger partial charge in [0.25, 0.3) is 0 Å². The molecule has 1 aromatic carbocycles. The summed E-state index contributed by atoms with van der Waals surface area (Å²) in [6.07, 6.45) is 3.59. The summed E-state index contributed by atoms with van der Waals surface area (Å²) >= 11 is 0. The van der Waals surface area contributed by atoms with Gasteiger partial charge in [-0.2, -0.15) is 0 Å². The minimum Gasteiger partial charge on any atom is -0.476 e. The van der Waals surface area contributed by atoms with E-state index >= 15 is 0 Å². The van der Waals surface area contributed by atoms with Crippen molar-refractivity contribution in [3.05, 3.63) is 60.0 Å². The molecule has 0 amide bonds. The number of morpholine rings is 1. The Bertz CT molecular complexity index is 1050. The van der Waals surface area contributed by atoms with Crippen LogP contribution in [0, 0.1) is 0 Å². The monoisotopic (exact) mass is 389 g/mol. The quantitative estimate of drug-likeness (QED) is 0.723. The molecule has 1 fully saturated rings. The van der Waals surface area contributed by atoms with Gasteiger partial charge in [0, 0.05) is 48.7 Å². The molecule has 2 aliphatic heterocycles. The van der Waals surface area contributed by atoms with Crippen LogP contribution in [-0.4, -0.2) is 60.2 Å². The van der Waals surface area contributed by atoms with Crippen molar-refractivity contribution in [3.63, 3.8) is 0 Å². The van der Waals surface area contributed by atoms with Crippen molar-refractivity contribution in [2.75, 3.05) is 44.8 Å². The molecule has 0 spiro atoms. The molecule has 1 N–H and O–H groups in total. The lowest BCUT2D eigenvalue weighted by Gasteiger charge is -2.26. The van der Waals surface area contributed by atoms with Crippen LogP contribution < -0.4 is 10.1 Å². The van der Waals surface area contributed by atoms with Crippen LogP contribution in [0.25, 0.3) is 10.8 Å². The molecule has 2 aliphatic rings. The molecule has 0 aliphatic carbocycles. The van der Waals surface area contributed by atoms with Gasteiger partial charge in [-0.15, -0.1) is 0 Å². The second-order valence-electron chi connectivity index (χ2n) is 7.16. The third-order valence-electron chi connectivity index (χ3n) is 5.26. The van der Waals surface area contributed by atoms with Crippen molar-refractivity contribution in [2.45, 2.75) is 6.54 Å². The number of ether oxygens (including phenoxy) is 2. The van der Waals surface area contributed by atoms with Crippen LogP contribution in [0.2, 0.25) is 0 Å². The number of anilines is 1. The zero-order chi connectivity index (χ0) is 19.5. The Morgan fingerprint density at radius 3 is 2.93 bits per heavy atom. The molecule has 2 aromatic heterocycles. The molecule has 4 heterocycles. The summed E-state index contributed by atoms with van der Waals surface area (Å²) in [6, 6.07) is 12.2. The van der Waals surface area contributed by atoms with Crippen molar-refractivity contribution < 1.29 is 9.47 Å². The van der Waals surface area contributed by atoms with Crippen LogP contribution >= 0.6 is 0 Å². The molecule has 3 aromatic rings. The van der Waals surface area contributed by atoms with Gasteiger partial charge in [-0.25, -0.2) is 4.98 Å². The summed E-state index contributed by atoms with van der Waals surface area (Å²) in [5.74, 6) is 1.49. The molecule has 0 unspecified atom stereocenters. The number of nitrogens with zero attached hydrogens (tertiary/aromatic N) is 4. The summed E-state index contributed by atoms with van der Waals surface area (Å²) in [5.41, 5.74) is 3.05. The maximum atomic E-state index is 5.99. The predicted molar refractivity (Wildman–Crippen MR) is 113 cm³/mol. The summed E-state index contributed by atoms with van der Waals surface area (Å²) in [7, 11) is 0. The van der Waals surface area contributed by atoms with Crippen molar-refractivity contribution in [1.82, 2.24) is 14.9 Å². The molecule has 29 heavy (non-hydrogen) atoms. The number of rotatable bonds is 5. The average molecular weight is 389 g/mol. The molecule has 1 saturated heterocycles. The smallest absolute Gasteiger partial charge is 0.221 e. The lowest BCUT2D eigenvalue weighted by molar-refractivity contribution is 0.0321. The maximum Gasteiger partial charge on any atom is 0.221 e. The van der Waals surface area contributed by atoms with E-state index < -0.39 is 0 Å². The Labute approximate surface area is 169 Å². The number of hydrogen-bond donors (Lipinski definition) is 1. The zero-order valence-corrected chi connectivity index (χ0v) is 16.2. The highest BCUT2D eigenvalue weighted by molar-refractivity contribution is 6.10. The zero-order valence-electron chi connectivity index (χ0n) is 16.2. The molecular weight excluding hydrogens is 366 g/mol. The van der Waals surface area contributed by atoms with E-state index in [1.807, 2.05) is 24.3 Å². The van der Waals surface area contributed by atoms with Gasteiger partial charge >= 0.3 is 0 Å². The first-order chi connectivity index (χ1) is 14.4. The number of hydrogen-bond acceptors (Lipinski definition) is 7. The van der Waals surface area contributed by atoms with Crippen LogP contribution in [0.5, 0.6) is 5.88 Å². The number of aliphatic imine (C=N–C) groups is 1. The first-order valence-electron chi connectivity index (χ1n) is 9.94. The van der Waals surface area contributed by atoms with E-state index in [2.05, 4.69) is 37.3 Å². The molecule has 0 radical (unpaired) electrons.